The molecule has 0 aliphatic carbocycles. The fraction of sp³-hybridized carbons (Fsp3) is 0.400. The van der Waals surface area contributed by atoms with Gasteiger partial charge in [0, 0.05) is 24.2 Å². The van der Waals surface area contributed by atoms with Crippen LogP contribution in [0.2, 0.25) is 0 Å². The van der Waals surface area contributed by atoms with E-state index in [4.69, 9.17) is 5.73 Å². The van der Waals surface area contributed by atoms with Crippen LogP contribution in [0.3, 0.4) is 0 Å². The predicted octanol–water partition coefficient (Wildman–Crippen LogP) is 2.09. The summed E-state index contributed by atoms with van der Waals surface area (Å²) < 4.78 is 0. The van der Waals surface area contributed by atoms with E-state index in [1.54, 1.807) is 11.6 Å². The van der Waals surface area contributed by atoms with Crippen molar-refractivity contribution >= 4 is 28.2 Å². The van der Waals surface area contributed by atoms with Crippen LogP contribution in [-0.2, 0) is 0 Å². The molecule has 1 amide bonds. The highest BCUT2D eigenvalue weighted by Crippen LogP contribution is 2.26. The fourth-order valence-electron chi connectivity index (χ4n) is 2.72. The van der Waals surface area contributed by atoms with Crippen molar-refractivity contribution in [2.75, 3.05) is 18.4 Å². The van der Waals surface area contributed by atoms with E-state index >= 15 is 0 Å². The van der Waals surface area contributed by atoms with E-state index in [9.17, 15) is 4.79 Å². The maximum atomic E-state index is 12.6. The number of rotatable bonds is 4. The Morgan fingerprint density at radius 2 is 2.41 bits per heavy atom. The lowest BCUT2D eigenvalue weighted by Gasteiger charge is -2.20. The molecule has 0 saturated carbocycles. The Bertz CT molecular complexity index is 644. The quantitative estimate of drug-likeness (QED) is 0.902. The highest BCUT2D eigenvalue weighted by Gasteiger charge is 2.33. The van der Waals surface area contributed by atoms with Crippen molar-refractivity contribution in [3.05, 3.63) is 35.5 Å². The van der Waals surface area contributed by atoms with E-state index in [1.165, 1.54) is 11.3 Å². The summed E-state index contributed by atoms with van der Waals surface area (Å²) in [5.74, 6) is 1.09. The average Bonchev–Trinajstić information content (AvgIpc) is 3.14. The number of nitrogens with two attached hydrogens (primary N) is 1. The molecule has 0 radical (unpaired) electrons. The number of anilines is 2. The minimum Gasteiger partial charge on any atom is -0.334 e. The molecule has 0 aromatic carbocycles. The average molecular weight is 317 g/mol. The number of hydrogen-bond donors (Lipinski definition) is 2. The zero-order chi connectivity index (χ0) is 15.5. The number of carbonyl (C=O) groups excluding carboxylic acids is 1. The maximum Gasteiger partial charge on any atom is 0.273 e. The highest BCUT2D eigenvalue weighted by atomic mass is 32.1. The lowest BCUT2D eigenvalue weighted by Crippen LogP contribution is -2.34. The lowest BCUT2D eigenvalue weighted by molar-refractivity contribution is 0.0738. The number of aromatic nitrogens is 2. The van der Waals surface area contributed by atoms with Crippen molar-refractivity contribution < 1.29 is 4.79 Å². The molecule has 2 aromatic rings. The molecular weight excluding hydrogens is 298 g/mol. The molecular formula is C15H19N5OS. The third kappa shape index (κ3) is 3.10. The van der Waals surface area contributed by atoms with Crippen molar-refractivity contribution in [3.8, 4) is 0 Å². The van der Waals surface area contributed by atoms with Gasteiger partial charge < -0.3 is 16.0 Å². The van der Waals surface area contributed by atoms with E-state index in [1.807, 2.05) is 23.1 Å². The molecule has 1 aliphatic rings. The number of carbonyl (C=O) groups is 1. The smallest absolute Gasteiger partial charge is 0.273 e. The Kier molecular flexibility index (Phi) is 4.35. The van der Waals surface area contributed by atoms with Crippen LogP contribution in [0.5, 0.6) is 0 Å². The van der Waals surface area contributed by atoms with Gasteiger partial charge in [-0.25, -0.2) is 9.97 Å². The summed E-state index contributed by atoms with van der Waals surface area (Å²) in [4.78, 5) is 23.0. The van der Waals surface area contributed by atoms with Gasteiger partial charge in [0.25, 0.3) is 5.91 Å². The van der Waals surface area contributed by atoms with E-state index in [2.05, 4.69) is 22.2 Å². The highest BCUT2D eigenvalue weighted by molar-refractivity contribution is 7.14. The van der Waals surface area contributed by atoms with Crippen molar-refractivity contribution in [1.29, 1.82) is 0 Å². The molecule has 6 nitrogen and oxygen atoms in total. The molecule has 3 N–H and O–H groups in total. The standard InChI is InChI=1S/C15H19N5OS/c1-10-6-11(7-16)8-20(10)14(21)12-9-22-15(18-12)19-13-4-2-3-5-17-13/h2-5,9-11H,6-8,16H2,1H3,(H,17,18,19). The molecule has 0 bridgehead atoms. The molecule has 0 spiro atoms. The molecule has 3 heterocycles. The van der Waals surface area contributed by atoms with Crippen LogP contribution >= 0.6 is 11.3 Å². The summed E-state index contributed by atoms with van der Waals surface area (Å²) >= 11 is 1.40. The number of nitrogens with zero attached hydrogens (tertiary/aromatic N) is 3. The molecule has 116 valence electrons. The minimum atomic E-state index is -0.0197. The van der Waals surface area contributed by atoms with E-state index in [-0.39, 0.29) is 11.9 Å². The fourth-order valence-corrected chi connectivity index (χ4v) is 3.41. The molecule has 2 atom stereocenters. The monoisotopic (exact) mass is 317 g/mol. The molecule has 2 unspecified atom stereocenters. The van der Waals surface area contributed by atoms with Gasteiger partial charge in [0.1, 0.15) is 11.5 Å². The second kappa shape index (κ2) is 6.41. The zero-order valence-corrected chi connectivity index (χ0v) is 13.2. The summed E-state index contributed by atoms with van der Waals surface area (Å²) in [6.45, 7) is 3.40. The molecule has 22 heavy (non-hydrogen) atoms. The molecule has 7 heteroatoms. The van der Waals surface area contributed by atoms with Gasteiger partial charge in [-0.05, 0) is 37.9 Å². The van der Waals surface area contributed by atoms with Crippen LogP contribution in [0.1, 0.15) is 23.8 Å². The van der Waals surface area contributed by atoms with Gasteiger partial charge in [-0.3, -0.25) is 4.79 Å². The van der Waals surface area contributed by atoms with Gasteiger partial charge in [-0.15, -0.1) is 11.3 Å². The second-order valence-corrected chi connectivity index (χ2v) is 6.38. The normalized spacial score (nSPS) is 21.1. The summed E-state index contributed by atoms with van der Waals surface area (Å²) in [7, 11) is 0. The first-order chi connectivity index (χ1) is 10.7. The van der Waals surface area contributed by atoms with Crippen LogP contribution in [-0.4, -0.2) is 39.9 Å². The van der Waals surface area contributed by atoms with E-state index in [0.29, 0.717) is 29.1 Å². The van der Waals surface area contributed by atoms with Gasteiger partial charge in [-0.2, -0.15) is 0 Å². The Morgan fingerprint density at radius 1 is 1.55 bits per heavy atom. The summed E-state index contributed by atoms with van der Waals surface area (Å²) in [6, 6.07) is 5.82. The van der Waals surface area contributed by atoms with Crippen LogP contribution in [0, 0.1) is 5.92 Å². The van der Waals surface area contributed by atoms with Crippen molar-refractivity contribution in [1.82, 2.24) is 14.9 Å². The largest absolute Gasteiger partial charge is 0.334 e. The van der Waals surface area contributed by atoms with Gasteiger partial charge in [0.15, 0.2) is 5.13 Å². The van der Waals surface area contributed by atoms with Crippen LogP contribution in [0.4, 0.5) is 10.9 Å². The predicted molar refractivity (Wildman–Crippen MR) is 87.3 cm³/mol. The molecule has 2 aromatic heterocycles. The number of likely N-dealkylation sites (tertiary alicyclic amines) is 1. The summed E-state index contributed by atoms with van der Waals surface area (Å²) in [5, 5.41) is 5.56. The van der Waals surface area contributed by atoms with Crippen LogP contribution < -0.4 is 11.1 Å². The molecule has 1 aliphatic heterocycles. The number of nitrogens with one attached hydrogen (secondary N) is 1. The second-order valence-electron chi connectivity index (χ2n) is 5.52. The third-order valence-electron chi connectivity index (χ3n) is 3.88. The Balaban J connectivity index is 1.69. The van der Waals surface area contributed by atoms with E-state index < -0.39 is 0 Å². The topological polar surface area (TPSA) is 84.1 Å². The zero-order valence-electron chi connectivity index (χ0n) is 12.4. The first kappa shape index (κ1) is 14.9. The Morgan fingerprint density at radius 3 is 3.09 bits per heavy atom. The van der Waals surface area contributed by atoms with Crippen LogP contribution in [0.15, 0.2) is 29.8 Å². The van der Waals surface area contributed by atoms with Crippen molar-refractivity contribution in [2.45, 2.75) is 19.4 Å². The number of pyridine rings is 1. The molecule has 1 saturated heterocycles. The van der Waals surface area contributed by atoms with Gasteiger partial charge in [-0.1, -0.05) is 6.07 Å². The molecule has 3 rings (SSSR count). The first-order valence-electron chi connectivity index (χ1n) is 7.32. The first-order valence-corrected chi connectivity index (χ1v) is 8.20. The van der Waals surface area contributed by atoms with Crippen LogP contribution in [0.25, 0.3) is 0 Å². The van der Waals surface area contributed by atoms with Crippen molar-refractivity contribution in [3.63, 3.8) is 0 Å². The lowest BCUT2D eigenvalue weighted by atomic mass is 10.1. The SMILES string of the molecule is CC1CC(CN)CN1C(=O)c1csc(Nc2ccccn2)n1. The summed E-state index contributed by atoms with van der Waals surface area (Å²) in [6.07, 6.45) is 2.67. The number of amides is 1. The Hall–Kier alpha value is -1.99. The van der Waals surface area contributed by atoms with Gasteiger partial charge >= 0.3 is 0 Å². The Labute approximate surface area is 133 Å². The molecule has 1 fully saturated rings. The third-order valence-corrected chi connectivity index (χ3v) is 4.64. The minimum absolute atomic E-state index is 0.0197. The van der Waals surface area contributed by atoms with Gasteiger partial charge in [0.2, 0.25) is 0 Å². The van der Waals surface area contributed by atoms with Gasteiger partial charge in [0.05, 0.1) is 0 Å². The maximum absolute atomic E-state index is 12.6. The van der Waals surface area contributed by atoms with Crippen molar-refractivity contribution in [2.24, 2.45) is 11.7 Å². The van der Waals surface area contributed by atoms with E-state index in [0.717, 1.165) is 13.0 Å². The number of hydrogen-bond acceptors (Lipinski definition) is 6. The summed E-state index contributed by atoms with van der Waals surface area (Å²) in [5.41, 5.74) is 6.20. The number of thiazole rings is 1.